The monoisotopic (exact) mass is 326 g/mol. The summed E-state index contributed by atoms with van der Waals surface area (Å²) in [6, 6.07) is 6.92. The lowest BCUT2D eigenvalue weighted by Crippen LogP contribution is -2.24. The van der Waals surface area contributed by atoms with E-state index in [1.54, 1.807) is 37.5 Å². The number of anilines is 3. The fourth-order valence-electron chi connectivity index (χ4n) is 2.01. The lowest BCUT2D eigenvalue weighted by molar-refractivity contribution is -0.110. The molecule has 2 heterocycles. The summed E-state index contributed by atoms with van der Waals surface area (Å²) in [5, 5.41) is 16.9. The Morgan fingerprint density at radius 3 is 2.71 bits per heavy atom. The van der Waals surface area contributed by atoms with Crippen molar-refractivity contribution >= 4 is 28.9 Å². The van der Waals surface area contributed by atoms with Gasteiger partial charge >= 0.3 is 0 Å². The van der Waals surface area contributed by atoms with Crippen molar-refractivity contribution < 1.29 is 4.79 Å². The molecule has 2 rings (SSSR count). The number of hydrogen-bond acceptors (Lipinski definition) is 6. The maximum Gasteiger partial charge on any atom is 0.274 e. The van der Waals surface area contributed by atoms with Crippen LogP contribution < -0.4 is 16.0 Å². The number of carbonyl (C=O) groups excluding carboxylic acids is 1. The van der Waals surface area contributed by atoms with Crippen LogP contribution in [0.3, 0.4) is 0 Å². The molecule has 4 N–H and O–H groups in total. The fraction of sp³-hybridized carbons (Fsp3) is 0.294. The van der Waals surface area contributed by atoms with Gasteiger partial charge in [0.05, 0.1) is 11.9 Å². The van der Waals surface area contributed by atoms with Crippen LogP contribution in [0.4, 0.5) is 17.3 Å². The summed E-state index contributed by atoms with van der Waals surface area (Å²) in [6.07, 6.45) is 3.15. The van der Waals surface area contributed by atoms with Crippen molar-refractivity contribution in [3.05, 3.63) is 42.2 Å². The van der Waals surface area contributed by atoms with Crippen LogP contribution in [0.5, 0.6) is 0 Å². The largest absolute Gasteiger partial charge is 0.373 e. The van der Waals surface area contributed by atoms with Crippen molar-refractivity contribution in [3.8, 4) is 0 Å². The lowest BCUT2D eigenvalue weighted by atomic mass is 10.1. The summed E-state index contributed by atoms with van der Waals surface area (Å²) in [4.78, 5) is 20.6. The molecule has 0 unspecified atom stereocenters. The third kappa shape index (κ3) is 4.52. The highest BCUT2D eigenvalue weighted by molar-refractivity contribution is 6.48. The van der Waals surface area contributed by atoms with Gasteiger partial charge in [-0.2, -0.15) is 0 Å². The molecule has 0 aliphatic heterocycles. The van der Waals surface area contributed by atoms with Crippen molar-refractivity contribution in [2.75, 3.05) is 29.5 Å². The van der Waals surface area contributed by atoms with E-state index >= 15 is 0 Å². The van der Waals surface area contributed by atoms with Crippen LogP contribution in [0.25, 0.3) is 0 Å². The van der Waals surface area contributed by atoms with E-state index in [2.05, 4.69) is 39.8 Å². The smallest absolute Gasteiger partial charge is 0.274 e. The minimum atomic E-state index is -0.510. The second kappa shape index (κ2) is 8.05. The fourth-order valence-corrected chi connectivity index (χ4v) is 2.01. The minimum absolute atomic E-state index is 0.161. The van der Waals surface area contributed by atoms with Gasteiger partial charge in [0.2, 0.25) is 0 Å². The Morgan fingerprint density at radius 1 is 1.29 bits per heavy atom. The number of carbonyl (C=O) groups is 1. The maximum absolute atomic E-state index is 12.2. The molecule has 0 saturated carbocycles. The zero-order chi connectivity index (χ0) is 17.5. The zero-order valence-electron chi connectivity index (χ0n) is 14.1. The molecule has 0 atom stereocenters. The Balaban J connectivity index is 2.14. The molecule has 0 fully saturated rings. The average molecular weight is 326 g/mol. The van der Waals surface area contributed by atoms with E-state index in [-0.39, 0.29) is 5.71 Å². The van der Waals surface area contributed by atoms with E-state index in [0.29, 0.717) is 28.8 Å². The van der Waals surface area contributed by atoms with E-state index in [1.165, 1.54) is 6.20 Å². The number of nitrogens with zero attached hydrogens (tertiary/aromatic N) is 2. The summed E-state index contributed by atoms with van der Waals surface area (Å²) in [6.45, 7) is 5.02. The van der Waals surface area contributed by atoms with E-state index < -0.39 is 5.91 Å². The third-order valence-corrected chi connectivity index (χ3v) is 3.24. The molecular weight excluding hydrogens is 304 g/mol. The SMILES string of the molecule is CNc1nc(NCC(C)C)ccc1C(=N)C(=O)Nc1cccnc1. The maximum atomic E-state index is 12.2. The van der Waals surface area contributed by atoms with E-state index in [1.807, 2.05) is 0 Å². The summed E-state index contributed by atoms with van der Waals surface area (Å²) in [5.74, 6) is 1.17. The Morgan fingerprint density at radius 2 is 2.08 bits per heavy atom. The van der Waals surface area contributed by atoms with Crippen LogP contribution in [0.2, 0.25) is 0 Å². The lowest BCUT2D eigenvalue weighted by Gasteiger charge is -2.13. The number of aromatic nitrogens is 2. The summed E-state index contributed by atoms with van der Waals surface area (Å²) < 4.78 is 0. The van der Waals surface area contributed by atoms with E-state index in [4.69, 9.17) is 5.41 Å². The van der Waals surface area contributed by atoms with Crippen LogP contribution in [0.15, 0.2) is 36.7 Å². The van der Waals surface area contributed by atoms with Crippen molar-refractivity contribution in [1.29, 1.82) is 5.41 Å². The Kier molecular flexibility index (Phi) is 5.83. The number of nitrogens with one attached hydrogen (secondary N) is 4. The predicted octanol–water partition coefficient (Wildman–Crippen LogP) is 2.59. The van der Waals surface area contributed by atoms with Gasteiger partial charge in [-0.1, -0.05) is 13.8 Å². The summed E-state index contributed by atoms with van der Waals surface area (Å²) in [7, 11) is 1.71. The highest BCUT2D eigenvalue weighted by atomic mass is 16.1. The molecule has 126 valence electrons. The van der Waals surface area contributed by atoms with Gasteiger partial charge in [-0.05, 0) is 30.2 Å². The molecule has 0 bridgehead atoms. The Labute approximate surface area is 141 Å². The second-order valence-electron chi connectivity index (χ2n) is 5.69. The zero-order valence-corrected chi connectivity index (χ0v) is 14.1. The average Bonchev–Trinajstić information content (AvgIpc) is 2.59. The topological polar surface area (TPSA) is 103 Å². The minimum Gasteiger partial charge on any atom is -0.373 e. The number of pyridine rings is 2. The normalized spacial score (nSPS) is 10.3. The Hall–Kier alpha value is -2.96. The van der Waals surface area contributed by atoms with Crippen LogP contribution in [-0.2, 0) is 4.79 Å². The van der Waals surface area contributed by atoms with E-state index in [0.717, 1.165) is 6.54 Å². The van der Waals surface area contributed by atoms with Gasteiger partial charge in [0.1, 0.15) is 17.3 Å². The predicted molar refractivity (Wildman–Crippen MR) is 96.8 cm³/mol. The molecule has 0 aliphatic carbocycles. The van der Waals surface area contributed by atoms with Gasteiger partial charge in [0, 0.05) is 25.4 Å². The third-order valence-electron chi connectivity index (χ3n) is 3.24. The number of hydrogen-bond donors (Lipinski definition) is 4. The number of rotatable bonds is 7. The van der Waals surface area contributed by atoms with Gasteiger partial charge in [0.15, 0.2) is 0 Å². The molecule has 2 aromatic rings. The molecule has 24 heavy (non-hydrogen) atoms. The first-order valence-electron chi connectivity index (χ1n) is 7.74. The standard InChI is InChI=1S/C17H22N6O/c1-11(2)9-21-14-7-6-13(16(19-3)23-14)15(18)17(24)22-12-5-4-8-20-10-12/h4-8,10-11,18H,9H2,1-3H3,(H,22,24)(H2,19,21,23). The van der Waals surface area contributed by atoms with Gasteiger partial charge in [-0.15, -0.1) is 0 Å². The molecule has 7 heteroatoms. The molecular formula is C17H22N6O. The molecule has 1 amide bonds. The second-order valence-corrected chi connectivity index (χ2v) is 5.69. The highest BCUT2D eigenvalue weighted by Crippen LogP contribution is 2.18. The summed E-state index contributed by atoms with van der Waals surface area (Å²) >= 11 is 0. The van der Waals surface area contributed by atoms with Crippen molar-refractivity contribution in [1.82, 2.24) is 9.97 Å². The van der Waals surface area contributed by atoms with Crippen LogP contribution in [0.1, 0.15) is 19.4 Å². The quantitative estimate of drug-likeness (QED) is 0.586. The van der Waals surface area contributed by atoms with Crippen molar-refractivity contribution in [3.63, 3.8) is 0 Å². The molecule has 0 aromatic carbocycles. The van der Waals surface area contributed by atoms with Crippen molar-refractivity contribution in [2.24, 2.45) is 5.92 Å². The molecule has 0 saturated heterocycles. The van der Waals surface area contributed by atoms with Gasteiger partial charge < -0.3 is 16.0 Å². The first kappa shape index (κ1) is 17.4. The summed E-state index contributed by atoms with van der Waals surface area (Å²) in [5.41, 5.74) is 0.821. The molecule has 0 spiro atoms. The van der Waals surface area contributed by atoms with Gasteiger partial charge in [0.25, 0.3) is 5.91 Å². The first-order valence-corrected chi connectivity index (χ1v) is 7.74. The van der Waals surface area contributed by atoms with Crippen LogP contribution in [0, 0.1) is 11.3 Å². The van der Waals surface area contributed by atoms with Gasteiger partial charge in [-0.3, -0.25) is 15.2 Å². The molecule has 2 aromatic heterocycles. The van der Waals surface area contributed by atoms with Crippen LogP contribution >= 0.6 is 0 Å². The molecule has 7 nitrogen and oxygen atoms in total. The molecule has 0 radical (unpaired) electrons. The molecule has 0 aliphatic rings. The van der Waals surface area contributed by atoms with Crippen LogP contribution in [-0.4, -0.2) is 35.2 Å². The highest BCUT2D eigenvalue weighted by Gasteiger charge is 2.17. The Bertz CT molecular complexity index is 714. The van der Waals surface area contributed by atoms with Crippen molar-refractivity contribution in [2.45, 2.75) is 13.8 Å². The van der Waals surface area contributed by atoms with E-state index in [9.17, 15) is 4.79 Å². The van der Waals surface area contributed by atoms with Gasteiger partial charge in [-0.25, -0.2) is 4.98 Å². The number of amides is 1. The first-order chi connectivity index (χ1) is 11.5.